The molecule has 0 aliphatic rings. The number of carbonyl (C=O) groups is 2. The number of anilines is 1. The molecule has 0 aliphatic heterocycles. The molecule has 0 saturated heterocycles. The van der Waals surface area contributed by atoms with Crippen LogP contribution < -0.4 is 9.64 Å². The minimum absolute atomic E-state index is 0.0591. The van der Waals surface area contributed by atoms with Crippen LogP contribution in [0.1, 0.15) is 42.3 Å². The molecule has 0 spiro atoms. The first-order chi connectivity index (χ1) is 14.3. The molecular weight excluding hydrogens is 374 g/mol. The largest absolute Gasteiger partial charge is 0.484 e. The number of rotatable bonds is 6. The van der Waals surface area contributed by atoms with Crippen molar-refractivity contribution in [2.24, 2.45) is 0 Å². The van der Waals surface area contributed by atoms with Crippen LogP contribution in [0.4, 0.5) is 5.69 Å². The van der Waals surface area contributed by atoms with Crippen molar-refractivity contribution in [3.05, 3.63) is 95.6 Å². The fourth-order valence-corrected chi connectivity index (χ4v) is 3.13. The van der Waals surface area contributed by atoms with Gasteiger partial charge in [-0.1, -0.05) is 75.4 Å². The van der Waals surface area contributed by atoms with Crippen LogP contribution >= 0.6 is 0 Å². The molecule has 0 heterocycles. The molecule has 0 fully saturated rings. The number of likely N-dealkylation sites (N-methyl/N-ethyl adjacent to an activating group) is 1. The topological polar surface area (TPSA) is 46.6 Å². The standard InChI is InChI=1S/C26H27NO3/c1-26(2,3)20-14-16-21(17-15-20)30-18-24(28)27(4)23-13-9-8-12-22(23)25(29)19-10-6-5-7-11-19/h5-17H,18H2,1-4H3. The number of benzene rings is 3. The third-order valence-electron chi connectivity index (χ3n) is 5.00. The van der Waals surface area contributed by atoms with Gasteiger partial charge in [0, 0.05) is 18.2 Å². The van der Waals surface area contributed by atoms with Gasteiger partial charge in [-0.2, -0.15) is 0 Å². The Morgan fingerprint density at radius 2 is 1.43 bits per heavy atom. The van der Waals surface area contributed by atoms with Gasteiger partial charge in [-0.25, -0.2) is 0 Å². The van der Waals surface area contributed by atoms with Crippen molar-refractivity contribution in [1.82, 2.24) is 0 Å². The van der Waals surface area contributed by atoms with Crippen LogP contribution in [0.3, 0.4) is 0 Å². The van der Waals surface area contributed by atoms with Gasteiger partial charge in [0.25, 0.3) is 5.91 Å². The van der Waals surface area contributed by atoms with E-state index in [2.05, 4.69) is 20.8 Å². The van der Waals surface area contributed by atoms with E-state index in [4.69, 9.17) is 4.74 Å². The van der Waals surface area contributed by atoms with Crippen LogP contribution in [0.5, 0.6) is 5.75 Å². The molecule has 0 atom stereocenters. The monoisotopic (exact) mass is 401 g/mol. The van der Waals surface area contributed by atoms with E-state index in [0.717, 1.165) is 0 Å². The lowest BCUT2D eigenvalue weighted by molar-refractivity contribution is -0.120. The van der Waals surface area contributed by atoms with Crippen LogP contribution in [-0.4, -0.2) is 25.3 Å². The summed E-state index contributed by atoms with van der Waals surface area (Å²) in [5.41, 5.74) is 2.88. The normalized spacial score (nSPS) is 11.1. The van der Waals surface area contributed by atoms with E-state index in [1.165, 1.54) is 10.5 Å². The Kier molecular flexibility index (Phi) is 6.36. The van der Waals surface area contributed by atoms with Gasteiger partial charge < -0.3 is 9.64 Å². The maximum atomic E-state index is 12.9. The number of carbonyl (C=O) groups excluding carboxylic acids is 2. The molecule has 0 unspecified atom stereocenters. The predicted octanol–water partition coefficient (Wildman–Crippen LogP) is 5.26. The molecule has 0 aliphatic carbocycles. The van der Waals surface area contributed by atoms with E-state index in [9.17, 15) is 9.59 Å². The molecule has 1 amide bonds. The Morgan fingerprint density at radius 1 is 0.833 bits per heavy atom. The second-order valence-corrected chi connectivity index (χ2v) is 8.23. The smallest absolute Gasteiger partial charge is 0.264 e. The van der Waals surface area contributed by atoms with E-state index < -0.39 is 0 Å². The van der Waals surface area contributed by atoms with Gasteiger partial charge >= 0.3 is 0 Å². The van der Waals surface area contributed by atoms with Crippen LogP contribution in [0.25, 0.3) is 0 Å². The average Bonchev–Trinajstić information content (AvgIpc) is 2.76. The van der Waals surface area contributed by atoms with E-state index in [0.29, 0.717) is 22.6 Å². The summed E-state index contributed by atoms with van der Waals surface area (Å²) in [6.07, 6.45) is 0. The maximum Gasteiger partial charge on any atom is 0.264 e. The molecule has 3 rings (SSSR count). The Hall–Kier alpha value is -3.40. The molecule has 4 heteroatoms. The first-order valence-electron chi connectivity index (χ1n) is 9.96. The van der Waals surface area contributed by atoms with E-state index in [1.807, 2.05) is 48.5 Å². The molecule has 0 aromatic heterocycles. The molecule has 0 bridgehead atoms. The van der Waals surface area contributed by atoms with Crippen LogP contribution in [-0.2, 0) is 10.2 Å². The second kappa shape index (κ2) is 8.95. The number of ketones is 1. The lowest BCUT2D eigenvalue weighted by atomic mass is 9.87. The molecular formula is C26H27NO3. The number of nitrogens with zero attached hydrogens (tertiary/aromatic N) is 1. The SMILES string of the molecule is CN(C(=O)COc1ccc(C(C)(C)C)cc1)c1ccccc1C(=O)c1ccccc1. The minimum atomic E-state index is -0.233. The fraction of sp³-hybridized carbons (Fsp3) is 0.231. The summed E-state index contributed by atoms with van der Waals surface area (Å²) in [5.74, 6) is 0.283. The molecule has 3 aromatic carbocycles. The molecule has 3 aromatic rings. The van der Waals surface area contributed by atoms with Crippen molar-refractivity contribution in [3.8, 4) is 5.75 Å². The van der Waals surface area contributed by atoms with Gasteiger partial charge in [0.1, 0.15) is 5.75 Å². The van der Waals surface area contributed by atoms with E-state index >= 15 is 0 Å². The van der Waals surface area contributed by atoms with Crippen LogP contribution in [0.2, 0.25) is 0 Å². The summed E-state index contributed by atoms with van der Waals surface area (Å²) < 4.78 is 5.69. The highest BCUT2D eigenvalue weighted by Crippen LogP contribution is 2.25. The summed E-state index contributed by atoms with van der Waals surface area (Å²) in [6.45, 7) is 6.33. The molecule has 0 radical (unpaired) electrons. The lowest BCUT2D eigenvalue weighted by Crippen LogP contribution is -2.32. The highest BCUT2D eigenvalue weighted by molar-refractivity contribution is 6.14. The number of hydrogen-bond acceptors (Lipinski definition) is 3. The third kappa shape index (κ3) is 4.95. The highest BCUT2D eigenvalue weighted by Gasteiger charge is 2.20. The van der Waals surface area contributed by atoms with Gasteiger partial charge in [-0.3, -0.25) is 9.59 Å². The van der Waals surface area contributed by atoms with Crippen molar-refractivity contribution in [1.29, 1.82) is 0 Å². The zero-order valence-corrected chi connectivity index (χ0v) is 17.9. The minimum Gasteiger partial charge on any atom is -0.484 e. The summed E-state index contributed by atoms with van der Waals surface area (Å²) in [5, 5.41) is 0. The molecule has 0 N–H and O–H groups in total. The molecule has 30 heavy (non-hydrogen) atoms. The Morgan fingerprint density at radius 3 is 2.07 bits per heavy atom. The van der Waals surface area contributed by atoms with Crippen LogP contribution in [0, 0.1) is 0 Å². The van der Waals surface area contributed by atoms with E-state index in [1.54, 1.807) is 37.4 Å². The number of para-hydroxylation sites is 1. The van der Waals surface area contributed by atoms with Gasteiger partial charge in [0.15, 0.2) is 12.4 Å². The number of amides is 1. The van der Waals surface area contributed by atoms with Gasteiger partial charge in [-0.05, 0) is 35.2 Å². The van der Waals surface area contributed by atoms with Gasteiger partial charge in [0.2, 0.25) is 0 Å². The van der Waals surface area contributed by atoms with Crippen molar-refractivity contribution >= 4 is 17.4 Å². The zero-order valence-electron chi connectivity index (χ0n) is 17.9. The number of hydrogen-bond donors (Lipinski definition) is 0. The Labute approximate surface area is 178 Å². The lowest BCUT2D eigenvalue weighted by Gasteiger charge is -2.21. The van der Waals surface area contributed by atoms with Crippen LogP contribution in [0.15, 0.2) is 78.9 Å². The fourth-order valence-electron chi connectivity index (χ4n) is 3.13. The average molecular weight is 402 g/mol. The van der Waals surface area contributed by atoms with E-state index in [-0.39, 0.29) is 23.7 Å². The highest BCUT2D eigenvalue weighted by atomic mass is 16.5. The summed E-state index contributed by atoms with van der Waals surface area (Å²) >= 11 is 0. The summed E-state index contributed by atoms with van der Waals surface area (Å²) in [4.78, 5) is 27.1. The second-order valence-electron chi connectivity index (χ2n) is 8.23. The first-order valence-corrected chi connectivity index (χ1v) is 9.96. The summed E-state index contributed by atoms with van der Waals surface area (Å²) in [7, 11) is 1.66. The third-order valence-corrected chi connectivity index (χ3v) is 5.00. The summed E-state index contributed by atoms with van der Waals surface area (Å²) in [6, 6.07) is 23.9. The molecule has 4 nitrogen and oxygen atoms in total. The van der Waals surface area contributed by atoms with Crippen molar-refractivity contribution in [2.75, 3.05) is 18.6 Å². The molecule has 154 valence electrons. The van der Waals surface area contributed by atoms with Crippen molar-refractivity contribution < 1.29 is 14.3 Å². The Balaban J connectivity index is 1.72. The maximum absolute atomic E-state index is 12.9. The van der Waals surface area contributed by atoms with Gasteiger partial charge in [-0.15, -0.1) is 0 Å². The van der Waals surface area contributed by atoms with Crippen molar-refractivity contribution in [3.63, 3.8) is 0 Å². The zero-order chi connectivity index (χ0) is 21.7. The number of ether oxygens (including phenoxy) is 1. The van der Waals surface area contributed by atoms with Crippen molar-refractivity contribution in [2.45, 2.75) is 26.2 Å². The Bertz CT molecular complexity index is 1020. The predicted molar refractivity (Wildman–Crippen MR) is 120 cm³/mol. The first kappa shape index (κ1) is 21.3. The quantitative estimate of drug-likeness (QED) is 0.530. The van der Waals surface area contributed by atoms with Gasteiger partial charge in [0.05, 0.1) is 5.69 Å². The molecule has 0 saturated carbocycles.